The number of sulfonamides is 1. The molecule has 0 fully saturated rings. The van der Waals surface area contributed by atoms with Crippen LogP contribution in [0.25, 0.3) is 0 Å². The van der Waals surface area contributed by atoms with Gasteiger partial charge in [-0.15, -0.1) is 0 Å². The van der Waals surface area contributed by atoms with Crippen LogP contribution in [0.5, 0.6) is 23.0 Å². The Kier molecular flexibility index (Phi) is 8.38. The zero-order valence-corrected chi connectivity index (χ0v) is 19.1. The predicted molar refractivity (Wildman–Crippen MR) is 118 cm³/mol. The molecule has 1 amide bonds. The second-order valence-corrected chi connectivity index (χ2v) is 8.50. The lowest BCUT2D eigenvalue weighted by Gasteiger charge is -2.24. The SMILES string of the molecule is COc1ccc(N(CC(=O)NCCc2ccc(OC)c(OC)c2)S(C)(=O)=O)c(OC)c1. The van der Waals surface area contributed by atoms with E-state index in [1.54, 1.807) is 32.4 Å². The molecule has 0 heterocycles. The van der Waals surface area contributed by atoms with Crippen molar-refractivity contribution in [3.63, 3.8) is 0 Å². The summed E-state index contributed by atoms with van der Waals surface area (Å²) in [7, 11) is 2.29. The maximum atomic E-state index is 12.5. The average Bonchev–Trinajstić information content (AvgIpc) is 2.76. The Morgan fingerprint density at radius 1 is 0.903 bits per heavy atom. The smallest absolute Gasteiger partial charge is 0.240 e. The Labute approximate surface area is 182 Å². The van der Waals surface area contributed by atoms with Crippen LogP contribution in [0.2, 0.25) is 0 Å². The standard InChI is InChI=1S/C21H28N2O7S/c1-27-16-7-8-17(19(13-16)29-3)23(31(5,25)26)14-21(24)22-11-10-15-6-9-18(28-2)20(12-15)30-4/h6-9,12-13H,10-11,14H2,1-5H3,(H,22,24). The van der Waals surface area contributed by atoms with E-state index in [1.807, 2.05) is 12.1 Å². The molecule has 2 aromatic carbocycles. The molecule has 1 N–H and O–H groups in total. The van der Waals surface area contributed by atoms with Crippen molar-refractivity contribution in [3.8, 4) is 23.0 Å². The highest BCUT2D eigenvalue weighted by molar-refractivity contribution is 7.92. The van der Waals surface area contributed by atoms with Gasteiger partial charge in [-0.3, -0.25) is 9.10 Å². The van der Waals surface area contributed by atoms with Crippen molar-refractivity contribution in [2.45, 2.75) is 6.42 Å². The lowest BCUT2D eigenvalue weighted by atomic mass is 10.1. The summed E-state index contributed by atoms with van der Waals surface area (Å²) in [5.74, 6) is 1.56. The van der Waals surface area contributed by atoms with Gasteiger partial charge in [0.15, 0.2) is 11.5 Å². The van der Waals surface area contributed by atoms with Crippen molar-refractivity contribution in [1.82, 2.24) is 5.32 Å². The summed E-state index contributed by atoms with van der Waals surface area (Å²) < 4.78 is 46.6. The molecule has 0 saturated carbocycles. The highest BCUT2D eigenvalue weighted by Gasteiger charge is 2.24. The van der Waals surface area contributed by atoms with E-state index in [0.717, 1.165) is 16.1 Å². The minimum atomic E-state index is -3.74. The van der Waals surface area contributed by atoms with Gasteiger partial charge in [-0.25, -0.2) is 8.42 Å². The zero-order valence-electron chi connectivity index (χ0n) is 18.3. The monoisotopic (exact) mass is 452 g/mol. The van der Waals surface area contributed by atoms with Crippen LogP contribution in [0, 0.1) is 0 Å². The number of ether oxygens (including phenoxy) is 4. The molecule has 9 nitrogen and oxygen atoms in total. The molecular formula is C21H28N2O7S. The largest absolute Gasteiger partial charge is 0.497 e. The number of nitrogens with one attached hydrogen (secondary N) is 1. The Morgan fingerprint density at radius 3 is 2.16 bits per heavy atom. The molecule has 10 heteroatoms. The van der Waals surface area contributed by atoms with E-state index in [4.69, 9.17) is 18.9 Å². The molecule has 0 saturated heterocycles. The molecule has 0 aliphatic heterocycles. The van der Waals surface area contributed by atoms with E-state index in [1.165, 1.54) is 20.3 Å². The van der Waals surface area contributed by atoms with Crippen molar-refractivity contribution in [2.75, 3.05) is 52.1 Å². The fourth-order valence-corrected chi connectivity index (χ4v) is 3.80. The quantitative estimate of drug-likeness (QED) is 0.555. The average molecular weight is 453 g/mol. The first kappa shape index (κ1) is 24.1. The predicted octanol–water partition coefficient (Wildman–Crippen LogP) is 1.85. The van der Waals surface area contributed by atoms with Crippen LogP contribution in [0.4, 0.5) is 5.69 Å². The van der Waals surface area contributed by atoms with E-state index < -0.39 is 15.9 Å². The number of rotatable bonds is 11. The van der Waals surface area contributed by atoms with Gasteiger partial charge in [-0.05, 0) is 36.2 Å². The molecule has 0 aliphatic carbocycles. The highest BCUT2D eigenvalue weighted by atomic mass is 32.2. The van der Waals surface area contributed by atoms with Crippen LogP contribution < -0.4 is 28.6 Å². The van der Waals surface area contributed by atoms with Crippen molar-refractivity contribution in [2.24, 2.45) is 0 Å². The number of benzene rings is 2. The number of nitrogens with zero attached hydrogens (tertiary/aromatic N) is 1. The lowest BCUT2D eigenvalue weighted by Crippen LogP contribution is -2.41. The molecule has 0 atom stereocenters. The Morgan fingerprint density at radius 2 is 1.58 bits per heavy atom. The molecule has 0 aliphatic rings. The minimum absolute atomic E-state index is 0.251. The van der Waals surface area contributed by atoms with Gasteiger partial charge in [0.05, 0.1) is 40.4 Å². The van der Waals surface area contributed by atoms with Crippen molar-refractivity contribution in [3.05, 3.63) is 42.0 Å². The number of methoxy groups -OCH3 is 4. The lowest BCUT2D eigenvalue weighted by molar-refractivity contribution is -0.119. The molecule has 0 bridgehead atoms. The summed E-state index contributed by atoms with van der Waals surface area (Å²) in [5, 5.41) is 2.75. The molecule has 2 aromatic rings. The van der Waals surface area contributed by atoms with Crippen molar-refractivity contribution in [1.29, 1.82) is 0 Å². The topological polar surface area (TPSA) is 103 Å². The second kappa shape index (κ2) is 10.8. The van der Waals surface area contributed by atoms with Gasteiger partial charge < -0.3 is 24.3 Å². The maximum absolute atomic E-state index is 12.5. The number of amides is 1. The fraction of sp³-hybridized carbons (Fsp3) is 0.381. The van der Waals surface area contributed by atoms with Crippen LogP contribution in [0.3, 0.4) is 0 Å². The van der Waals surface area contributed by atoms with Gasteiger partial charge in [0.25, 0.3) is 0 Å². The minimum Gasteiger partial charge on any atom is -0.497 e. The van der Waals surface area contributed by atoms with E-state index in [2.05, 4.69) is 5.32 Å². The van der Waals surface area contributed by atoms with Gasteiger partial charge >= 0.3 is 0 Å². The Hall–Kier alpha value is -3.14. The number of carbonyl (C=O) groups is 1. The van der Waals surface area contributed by atoms with Crippen LogP contribution in [0.15, 0.2) is 36.4 Å². The Bertz CT molecular complexity index is 1010. The van der Waals surface area contributed by atoms with Gasteiger partial charge in [-0.1, -0.05) is 6.07 Å². The van der Waals surface area contributed by atoms with Gasteiger partial charge in [0, 0.05) is 12.6 Å². The van der Waals surface area contributed by atoms with Crippen molar-refractivity contribution < 1.29 is 32.2 Å². The van der Waals surface area contributed by atoms with Crippen LogP contribution in [0.1, 0.15) is 5.56 Å². The number of anilines is 1. The summed E-state index contributed by atoms with van der Waals surface area (Å²) in [4.78, 5) is 12.5. The third-order valence-electron chi connectivity index (χ3n) is 4.53. The van der Waals surface area contributed by atoms with Gasteiger partial charge in [-0.2, -0.15) is 0 Å². The molecule has 0 spiro atoms. The molecule has 0 unspecified atom stereocenters. The van der Waals surface area contributed by atoms with Gasteiger partial charge in [0.1, 0.15) is 18.0 Å². The second-order valence-electron chi connectivity index (χ2n) is 6.60. The number of carbonyl (C=O) groups excluding carboxylic acids is 1. The summed E-state index contributed by atoms with van der Waals surface area (Å²) in [6.07, 6.45) is 1.57. The molecule has 0 radical (unpaired) electrons. The van der Waals surface area contributed by atoms with E-state index in [9.17, 15) is 13.2 Å². The molecule has 2 rings (SSSR count). The maximum Gasteiger partial charge on any atom is 0.240 e. The summed E-state index contributed by atoms with van der Waals surface area (Å²) in [6.45, 7) is -0.0564. The molecular weight excluding hydrogens is 424 g/mol. The first-order valence-corrected chi connectivity index (χ1v) is 11.3. The first-order chi connectivity index (χ1) is 14.7. The molecule has 0 aromatic heterocycles. The first-order valence-electron chi connectivity index (χ1n) is 9.40. The van der Waals surface area contributed by atoms with Crippen LogP contribution in [-0.4, -0.2) is 62.1 Å². The molecule has 31 heavy (non-hydrogen) atoms. The fourth-order valence-electron chi connectivity index (χ4n) is 2.94. The van der Waals surface area contributed by atoms with Crippen LogP contribution in [-0.2, 0) is 21.2 Å². The van der Waals surface area contributed by atoms with E-state index >= 15 is 0 Å². The highest BCUT2D eigenvalue weighted by Crippen LogP contribution is 2.33. The van der Waals surface area contributed by atoms with Crippen LogP contribution >= 0.6 is 0 Å². The third-order valence-corrected chi connectivity index (χ3v) is 5.65. The number of hydrogen-bond acceptors (Lipinski definition) is 7. The zero-order chi connectivity index (χ0) is 23.0. The number of hydrogen-bond donors (Lipinski definition) is 1. The van der Waals surface area contributed by atoms with E-state index in [0.29, 0.717) is 30.2 Å². The van der Waals surface area contributed by atoms with Crippen molar-refractivity contribution >= 4 is 21.6 Å². The third kappa shape index (κ3) is 6.42. The van der Waals surface area contributed by atoms with E-state index in [-0.39, 0.29) is 18.0 Å². The Balaban J connectivity index is 2.08. The summed E-state index contributed by atoms with van der Waals surface area (Å²) in [6, 6.07) is 10.2. The summed E-state index contributed by atoms with van der Waals surface area (Å²) in [5.41, 5.74) is 1.19. The summed E-state index contributed by atoms with van der Waals surface area (Å²) >= 11 is 0. The normalized spacial score (nSPS) is 10.9. The van der Waals surface area contributed by atoms with Gasteiger partial charge in [0.2, 0.25) is 15.9 Å². The molecule has 170 valence electrons.